The van der Waals surface area contributed by atoms with Crippen LogP contribution in [0.25, 0.3) is 10.9 Å². The zero-order valence-corrected chi connectivity index (χ0v) is 20.8. The molecule has 7 nitrogen and oxygen atoms in total. The van der Waals surface area contributed by atoms with Crippen molar-refractivity contribution in [3.05, 3.63) is 108 Å². The number of hydrogen-bond acceptors (Lipinski definition) is 3. The van der Waals surface area contributed by atoms with E-state index in [9.17, 15) is 14.4 Å². The van der Waals surface area contributed by atoms with Gasteiger partial charge in [-0.15, -0.1) is 0 Å². The number of hydrogen-bond donors (Lipinski definition) is 2. The summed E-state index contributed by atoms with van der Waals surface area (Å²) >= 11 is 0. The molecule has 0 saturated carbocycles. The molecule has 0 radical (unpaired) electrons. The molecule has 1 saturated heterocycles. The second-order valence-electron chi connectivity index (χ2n) is 9.48. The fourth-order valence-electron chi connectivity index (χ4n) is 4.83. The van der Waals surface area contributed by atoms with Gasteiger partial charge in [0, 0.05) is 43.7 Å². The first-order valence-corrected chi connectivity index (χ1v) is 12.5. The number of likely N-dealkylation sites (tertiary alicyclic amines) is 1. The van der Waals surface area contributed by atoms with Crippen LogP contribution in [0.1, 0.15) is 27.9 Å². The summed E-state index contributed by atoms with van der Waals surface area (Å²) in [7, 11) is 1.75. The number of carbonyl (C=O) groups excluding carboxylic acids is 3. The molecule has 1 fully saturated rings. The van der Waals surface area contributed by atoms with E-state index in [1.807, 2.05) is 84.9 Å². The first-order valence-electron chi connectivity index (χ1n) is 12.5. The molecule has 0 bridgehead atoms. The Balaban J connectivity index is 1.31. The summed E-state index contributed by atoms with van der Waals surface area (Å²) in [6, 6.07) is 25.6. The van der Waals surface area contributed by atoms with Crippen molar-refractivity contribution in [1.29, 1.82) is 0 Å². The SMILES string of the molecule is CN(Cc1ccccc1)C(=O)C(Cc1ccccc1)NC(=O)C1CCN1C(=O)c1c[nH]c2ccccc12. The number of benzene rings is 3. The summed E-state index contributed by atoms with van der Waals surface area (Å²) in [5, 5.41) is 3.80. The summed E-state index contributed by atoms with van der Waals surface area (Å²) < 4.78 is 0. The van der Waals surface area contributed by atoms with E-state index in [-0.39, 0.29) is 17.7 Å². The largest absolute Gasteiger partial charge is 0.360 e. The first-order chi connectivity index (χ1) is 18.0. The Morgan fingerprint density at radius 3 is 2.27 bits per heavy atom. The van der Waals surface area contributed by atoms with E-state index in [4.69, 9.17) is 0 Å². The molecule has 2 heterocycles. The molecule has 1 aliphatic rings. The number of carbonyl (C=O) groups is 3. The zero-order valence-electron chi connectivity index (χ0n) is 20.8. The van der Waals surface area contributed by atoms with Crippen LogP contribution >= 0.6 is 0 Å². The number of likely N-dealkylation sites (N-methyl/N-ethyl adjacent to an activating group) is 1. The van der Waals surface area contributed by atoms with Gasteiger partial charge in [-0.1, -0.05) is 78.9 Å². The third kappa shape index (κ3) is 5.26. The summed E-state index contributed by atoms with van der Waals surface area (Å²) in [6.45, 7) is 0.942. The van der Waals surface area contributed by atoms with E-state index < -0.39 is 12.1 Å². The van der Waals surface area contributed by atoms with E-state index in [1.165, 1.54) is 0 Å². The fraction of sp³-hybridized carbons (Fsp3) is 0.233. The lowest BCUT2D eigenvalue weighted by atomic mass is 9.98. The predicted octanol–water partition coefficient (Wildman–Crippen LogP) is 3.77. The molecule has 4 aromatic rings. The van der Waals surface area contributed by atoms with E-state index >= 15 is 0 Å². The Kier molecular flexibility index (Phi) is 7.03. The highest BCUT2D eigenvalue weighted by atomic mass is 16.2. The molecule has 0 spiro atoms. The number of aromatic nitrogens is 1. The number of rotatable bonds is 8. The molecule has 2 atom stereocenters. The van der Waals surface area contributed by atoms with E-state index in [2.05, 4.69) is 10.3 Å². The lowest BCUT2D eigenvalue weighted by molar-refractivity contribution is -0.138. The highest BCUT2D eigenvalue weighted by Gasteiger charge is 2.40. The highest BCUT2D eigenvalue weighted by Crippen LogP contribution is 2.25. The van der Waals surface area contributed by atoms with Crippen molar-refractivity contribution in [1.82, 2.24) is 20.1 Å². The maximum atomic E-state index is 13.5. The molecule has 37 heavy (non-hydrogen) atoms. The van der Waals surface area contributed by atoms with Crippen LogP contribution in [0.4, 0.5) is 0 Å². The Bertz CT molecular complexity index is 1400. The number of nitrogens with zero attached hydrogens (tertiary/aromatic N) is 2. The lowest BCUT2D eigenvalue weighted by Gasteiger charge is -2.40. The molecule has 5 rings (SSSR count). The third-order valence-corrected chi connectivity index (χ3v) is 6.94. The van der Waals surface area contributed by atoms with Gasteiger partial charge in [0.15, 0.2) is 0 Å². The topological polar surface area (TPSA) is 85.5 Å². The molecule has 1 aromatic heterocycles. The smallest absolute Gasteiger partial charge is 0.256 e. The maximum Gasteiger partial charge on any atom is 0.256 e. The highest BCUT2D eigenvalue weighted by molar-refractivity contribution is 6.08. The number of amides is 3. The monoisotopic (exact) mass is 494 g/mol. The first kappa shape index (κ1) is 24.3. The van der Waals surface area contributed by atoms with Crippen molar-refractivity contribution in [3.63, 3.8) is 0 Å². The van der Waals surface area contributed by atoms with Crippen LogP contribution in [0.2, 0.25) is 0 Å². The molecule has 0 aliphatic carbocycles. The zero-order chi connectivity index (χ0) is 25.8. The lowest BCUT2D eigenvalue weighted by Crippen LogP contribution is -2.61. The van der Waals surface area contributed by atoms with Gasteiger partial charge < -0.3 is 20.1 Å². The van der Waals surface area contributed by atoms with Crippen molar-refractivity contribution in [2.24, 2.45) is 0 Å². The van der Waals surface area contributed by atoms with Crippen LogP contribution in [0, 0.1) is 0 Å². The van der Waals surface area contributed by atoms with Crippen molar-refractivity contribution in [3.8, 4) is 0 Å². The van der Waals surface area contributed by atoms with Gasteiger partial charge in [-0.3, -0.25) is 14.4 Å². The van der Waals surface area contributed by atoms with Crippen LogP contribution in [-0.2, 0) is 22.6 Å². The molecule has 2 N–H and O–H groups in total. The quantitative estimate of drug-likeness (QED) is 0.391. The Morgan fingerprint density at radius 2 is 1.59 bits per heavy atom. The standard InChI is InChI=1S/C30H30N4O3/c1-33(20-22-12-6-3-7-13-22)30(37)26(18-21-10-4-2-5-11-21)32-28(35)27-16-17-34(27)29(36)24-19-31-25-15-9-8-14-23(24)25/h2-15,19,26-27,31H,16-18,20H2,1H3,(H,32,35). The average Bonchev–Trinajstić information content (AvgIpc) is 3.33. The van der Waals surface area contributed by atoms with E-state index in [0.717, 1.165) is 22.0 Å². The fourth-order valence-corrected chi connectivity index (χ4v) is 4.83. The third-order valence-electron chi connectivity index (χ3n) is 6.94. The van der Waals surface area contributed by atoms with Crippen LogP contribution in [0.5, 0.6) is 0 Å². The van der Waals surface area contributed by atoms with E-state index in [0.29, 0.717) is 31.5 Å². The summed E-state index contributed by atoms with van der Waals surface area (Å²) in [5.41, 5.74) is 3.39. The second kappa shape index (κ2) is 10.7. The van der Waals surface area contributed by atoms with Crippen LogP contribution < -0.4 is 5.32 Å². The van der Waals surface area contributed by atoms with E-state index in [1.54, 1.807) is 23.0 Å². The minimum Gasteiger partial charge on any atom is -0.360 e. The Labute approximate surface area is 216 Å². The van der Waals surface area contributed by atoms with Gasteiger partial charge >= 0.3 is 0 Å². The number of fused-ring (bicyclic) bond motifs is 1. The van der Waals surface area contributed by atoms with Gasteiger partial charge in [0.25, 0.3) is 5.91 Å². The Hall–Kier alpha value is -4.39. The van der Waals surface area contributed by atoms with Gasteiger partial charge in [0.2, 0.25) is 11.8 Å². The number of aromatic amines is 1. The van der Waals surface area contributed by atoms with Crippen LogP contribution in [0.15, 0.2) is 91.1 Å². The second-order valence-corrected chi connectivity index (χ2v) is 9.48. The van der Waals surface area contributed by atoms with Crippen LogP contribution in [-0.4, -0.2) is 58.2 Å². The van der Waals surface area contributed by atoms with Gasteiger partial charge in [0.05, 0.1) is 5.56 Å². The summed E-state index contributed by atoms with van der Waals surface area (Å²) in [4.78, 5) is 46.5. The van der Waals surface area contributed by atoms with Gasteiger partial charge in [-0.25, -0.2) is 0 Å². The Morgan fingerprint density at radius 1 is 0.946 bits per heavy atom. The number of para-hydroxylation sites is 1. The molecule has 3 aromatic carbocycles. The molecular weight excluding hydrogens is 464 g/mol. The van der Waals surface area contributed by atoms with Crippen molar-refractivity contribution >= 4 is 28.6 Å². The number of nitrogens with one attached hydrogen (secondary N) is 2. The molecular formula is C30H30N4O3. The van der Waals surface area contributed by atoms with Crippen LogP contribution in [0.3, 0.4) is 0 Å². The number of H-pyrrole nitrogens is 1. The normalized spacial score (nSPS) is 15.6. The average molecular weight is 495 g/mol. The van der Waals surface area contributed by atoms with Gasteiger partial charge in [-0.05, 0) is 23.6 Å². The predicted molar refractivity (Wildman–Crippen MR) is 143 cm³/mol. The maximum absolute atomic E-state index is 13.5. The minimum atomic E-state index is -0.741. The molecule has 3 amide bonds. The van der Waals surface area contributed by atoms with Gasteiger partial charge in [0.1, 0.15) is 12.1 Å². The molecule has 188 valence electrons. The minimum absolute atomic E-state index is 0.171. The molecule has 7 heteroatoms. The molecule has 1 aliphatic heterocycles. The molecule has 2 unspecified atom stereocenters. The summed E-state index contributed by atoms with van der Waals surface area (Å²) in [6.07, 6.45) is 2.63. The van der Waals surface area contributed by atoms with Crippen molar-refractivity contribution < 1.29 is 14.4 Å². The summed E-state index contributed by atoms with van der Waals surface area (Å²) in [5.74, 6) is -0.660. The van der Waals surface area contributed by atoms with Crippen molar-refractivity contribution in [2.75, 3.05) is 13.6 Å². The van der Waals surface area contributed by atoms with Gasteiger partial charge in [-0.2, -0.15) is 0 Å². The van der Waals surface area contributed by atoms with Crippen molar-refractivity contribution in [2.45, 2.75) is 31.5 Å².